The molecule has 0 spiro atoms. The van der Waals surface area contributed by atoms with Crippen LogP contribution in [-0.2, 0) is 14.3 Å². The molecule has 0 N–H and O–H groups in total. The quantitative estimate of drug-likeness (QED) is 0.790. The lowest BCUT2D eigenvalue weighted by molar-refractivity contribution is -0.145. The molecule has 1 aromatic rings. The maximum absolute atomic E-state index is 12.0. The summed E-state index contributed by atoms with van der Waals surface area (Å²) in [6, 6.07) is 6.61. The minimum atomic E-state index is -0.860. The molecule has 2 rings (SSSR count). The SMILES string of the molecule is CCOc1ccc(C(=O)O[C@H]2C(=O)OCC2(C)C)cc1. The number of esters is 2. The van der Waals surface area contributed by atoms with Crippen LogP contribution in [0.1, 0.15) is 31.1 Å². The Kier molecular flexibility index (Phi) is 3.97. The molecule has 0 radical (unpaired) electrons. The van der Waals surface area contributed by atoms with Crippen molar-refractivity contribution in [2.24, 2.45) is 5.41 Å². The Bertz CT molecular complexity index is 504. The summed E-state index contributed by atoms with van der Waals surface area (Å²) in [5.41, 5.74) is -0.123. The smallest absolute Gasteiger partial charge is 0.348 e. The first-order valence-corrected chi connectivity index (χ1v) is 6.54. The molecule has 1 saturated heterocycles. The number of cyclic esters (lactones) is 1. The topological polar surface area (TPSA) is 61.8 Å². The number of hydrogen-bond donors (Lipinski definition) is 0. The van der Waals surface area contributed by atoms with E-state index >= 15 is 0 Å². The first kappa shape index (κ1) is 14.4. The zero-order valence-electron chi connectivity index (χ0n) is 11.8. The first-order chi connectivity index (χ1) is 9.44. The van der Waals surface area contributed by atoms with E-state index in [1.807, 2.05) is 20.8 Å². The molecule has 1 aliphatic rings. The molecule has 0 amide bonds. The lowest BCUT2D eigenvalue weighted by Crippen LogP contribution is -2.34. The van der Waals surface area contributed by atoms with Crippen molar-refractivity contribution in [3.05, 3.63) is 29.8 Å². The molecule has 5 nitrogen and oxygen atoms in total. The van der Waals surface area contributed by atoms with Gasteiger partial charge in [-0.3, -0.25) is 0 Å². The monoisotopic (exact) mass is 278 g/mol. The molecule has 5 heteroatoms. The van der Waals surface area contributed by atoms with Gasteiger partial charge in [0.25, 0.3) is 0 Å². The second-order valence-corrected chi connectivity index (χ2v) is 5.34. The Hall–Kier alpha value is -2.04. The van der Waals surface area contributed by atoms with Gasteiger partial charge < -0.3 is 14.2 Å². The Morgan fingerprint density at radius 2 is 2.00 bits per heavy atom. The molecule has 0 aromatic heterocycles. The van der Waals surface area contributed by atoms with E-state index in [1.54, 1.807) is 24.3 Å². The third-order valence-corrected chi connectivity index (χ3v) is 3.14. The van der Waals surface area contributed by atoms with E-state index in [4.69, 9.17) is 14.2 Å². The molecule has 0 unspecified atom stereocenters. The summed E-state index contributed by atoms with van der Waals surface area (Å²) in [6.07, 6.45) is -0.860. The van der Waals surface area contributed by atoms with Crippen LogP contribution in [-0.4, -0.2) is 31.3 Å². The van der Waals surface area contributed by atoms with Gasteiger partial charge in [0.05, 0.1) is 12.2 Å². The molecule has 108 valence electrons. The molecule has 1 fully saturated rings. The van der Waals surface area contributed by atoms with E-state index in [-0.39, 0.29) is 6.61 Å². The predicted molar refractivity (Wildman–Crippen MR) is 71.6 cm³/mol. The average Bonchev–Trinajstić information content (AvgIpc) is 2.67. The molecule has 1 aliphatic heterocycles. The zero-order valence-corrected chi connectivity index (χ0v) is 11.8. The van der Waals surface area contributed by atoms with Crippen LogP contribution in [0.3, 0.4) is 0 Å². The van der Waals surface area contributed by atoms with E-state index in [1.165, 1.54) is 0 Å². The molecule has 0 saturated carbocycles. The standard InChI is InChI=1S/C15H18O5/c1-4-18-11-7-5-10(6-8-11)13(16)20-12-14(17)19-9-15(12,2)3/h5-8,12H,4,9H2,1-3H3/t12-/m0/s1. The van der Waals surface area contributed by atoms with Crippen LogP contribution in [0, 0.1) is 5.41 Å². The summed E-state index contributed by atoms with van der Waals surface area (Å²) in [4.78, 5) is 23.6. The minimum absolute atomic E-state index is 0.257. The van der Waals surface area contributed by atoms with E-state index in [2.05, 4.69) is 0 Å². The molecular formula is C15H18O5. The summed E-state index contributed by atoms with van der Waals surface area (Å²) in [5, 5.41) is 0. The Morgan fingerprint density at radius 1 is 1.35 bits per heavy atom. The number of carbonyl (C=O) groups is 2. The van der Waals surface area contributed by atoms with Crippen LogP contribution in [0.2, 0.25) is 0 Å². The highest BCUT2D eigenvalue weighted by atomic mass is 16.6. The van der Waals surface area contributed by atoms with Gasteiger partial charge in [0.2, 0.25) is 6.10 Å². The van der Waals surface area contributed by atoms with Crippen LogP contribution in [0.15, 0.2) is 24.3 Å². The number of carbonyl (C=O) groups excluding carboxylic acids is 2. The zero-order chi connectivity index (χ0) is 14.8. The van der Waals surface area contributed by atoms with Crippen molar-refractivity contribution in [2.75, 3.05) is 13.2 Å². The van der Waals surface area contributed by atoms with Gasteiger partial charge in [-0.2, -0.15) is 0 Å². The second kappa shape index (κ2) is 5.53. The van der Waals surface area contributed by atoms with Crippen molar-refractivity contribution in [2.45, 2.75) is 26.9 Å². The van der Waals surface area contributed by atoms with Gasteiger partial charge in [0.15, 0.2) is 0 Å². The number of hydrogen-bond acceptors (Lipinski definition) is 5. The fourth-order valence-corrected chi connectivity index (χ4v) is 1.96. The summed E-state index contributed by atoms with van der Waals surface area (Å²) >= 11 is 0. The molecule has 0 bridgehead atoms. The Labute approximate surface area is 117 Å². The highest BCUT2D eigenvalue weighted by Gasteiger charge is 2.46. The third kappa shape index (κ3) is 2.92. The van der Waals surface area contributed by atoms with E-state index < -0.39 is 23.5 Å². The fraction of sp³-hybridized carbons (Fsp3) is 0.467. The molecule has 1 heterocycles. The van der Waals surface area contributed by atoms with Crippen LogP contribution in [0.5, 0.6) is 5.75 Å². The van der Waals surface area contributed by atoms with Crippen LogP contribution in [0.25, 0.3) is 0 Å². The van der Waals surface area contributed by atoms with Crippen molar-refractivity contribution >= 4 is 11.9 Å². The third-order valence-electron chi connectivity index (χ3n) is 3.14. The van der Waals surface area contributed by atoms with Gasteiger partial charge in [0, 0.05) is 5.41 Å². The Morgan fingerprint density at radius 3 is 2.50 bits per heavy atom. The van der Waals surface area contributed by atoms with Gasteiger partial charge in [-0.05, 0) is 31.2 Å². The van der Waals surface area contributed by atoms with Crippen molar-refractivity contribution in [1.82, 2.24) is 0 Å². The van der Waals surface area contributed by atoms with Gasteiger partial charge in [-0.15, -0.1) is 0 Å². The lowest BCUT2D eigenvalue weighted by Gasteiger charge is -2.21. The highest BCUT2D eigenvalue weighted by Crippen LogP contribution is 2.31. The maximum Gasteiger partial charge on any atom is 0.348 e. The van der Waals surface area contributed by atoms with Gasteiger partial charge in [0.1, 0.15) is 12.4 Å². The van der Waals surface area contributed by atoms with E-state index in [9.17, 15) is 9.59 Å². The van der Waals surface area contributed by atoms with E-state index in [0.717, 1.165) is 0 Å². The fourth-order valence-electron chi connectivity index (χ4n) is 1.96. The van der Waals surface area contributed by atoms with Crippen molar-refractivity contribution in [3.8, 4) is 5.75 Å². The minimum Gasteiger partial charge on any atom is -0.494 e. The number of rotatable bonds is 4. The lowest BCUT2D eigenvalue weighted by atomic mass is 9.90. The van der Waals surface area contributed by atoms with Gasteiger partial charge >= 0.3 is 11.9 Å². The molecule has 0 aliphatic carbocycles. The predicted octanol–water partition coefficient (Wildman–Crippen LogP) is 2.19. The Balaban J connectivity index is 2.06. The highest BCUT2D eigenvalue weighted by molar-refractivity contribution is 5.92. The summed E-state index contributed by atoms with van der Waals surface area (Å²) in [6.45, 7) is 6.36. The van der Waals surface area contributed by atoms with E-state index in [0.29, 0.717) is 17.9 Å². The largest absolute Gasteiger partial charge is 0.494 e. The second-order valence-electron chi connectivity index (χ2n) is 5.34. The summed E-state index contributed by atoms with van der Waals surface area (Å²) in [5.74, 6) is -0.344. The summed E-state index contributed by atoms with van der Waals surface area (Å²) in [7, 11) is 0. The van der Waals surface area contributed by atoms with Crippen molar-refractivity contribution in [1.29, 1.82) is 0 Å². The number of ether oxygens (including phenoxy) is 3. The maximum atomic E-state index is 12.0. The molecule has 1 aromatic carbocycles. The normalized spacial score (nSPS) is 20.4. The average molecular weight is 278 g/mol. The molecule has 1 atom stereocenters. The van der Waals surface area contributed by atoms with Gasteiger partial charge in [-0.1, -0.05) is 13.8 Å². The van der Waals surface area contributed by atoms with Gasteiger partial charge in [-0.25, -0.2) is 9.59 Å². The van der Waals surface area contributed by atoms with Crippen LogP contribution < -0.4 is 4.74 Å². The number of benzene rings is 1. The van der Waals surface area contributed by atoms with Crippen LogP contribution in [0.4, 0.5) is 0 Å². The summed E-state index contributed by atoms with van der Waals surface area (Å²) < 4.78 is 15.5. The van der Waals surface area contributed by atoms with Crippen molar-refractivity contribution < 1.29 is 23.8 Å². The van der Waals surface area contributed by atoms with Crippen molar-refractivity contribution in [3.63, 3.8) is 0 Å². The molecule has 20 heavy (non-hydrogen) atoms. The molecular weight excluding hydrogens is 260 g/mol. The first-order valence-electron chi connectivity index (χ1n) is 6.54. The van der Waals surface area contributed by atoms with Crippen LogP contribution >= 0.6 is 0 Å².